The number of rotatable bonds is 3. The minimum Gasteiger partial charge on any atom is -0.397 e. The van der Waals surface area contributed by atoms with E-state index in [1.165, 1.54) is 0 Å². The molecule has 0 spiro atoms. The van der Waals surface area contributed by atoms with E-state index in [0.717, 1.165) is 24.5 Å². The number of para-hydroxylation sites is 1. The van der Waals surface area contributed by atoms with E-state index in [0.29, 0.717) is 0 Å². The Morgan fingerprint density at radius 1 is 1.42 bits per heavy atom. The van der Waals surface area contributed by atoms with E-state index in [4.69, 9.17) is 5.73 Å². The highest BCUT2D eigenvalue weighted by atomic mass is 15.1. The van der Waals surface area contributed by atoms with Crippen molar-refractivity contribution in [3.8, 4) is 0 Å². The van der Waals surface area contributed by atoms with Crippen molar-refractivity contribution >= 4 is 11.4 Å². The zero-order valence-corrected chi connectivity index (χ0v) is 7.67. The molecule has 0 atom stereocenters. The molecule has 12 heavy (non-hydrogen) atoms. The molecule has 0 bridgehead atoms. The summed E-state index contributed by atoms with van der Waals surface area (Å²) >= 11 is 0. The highest BCUT2D eigenvalue weighted by Crippen LogP contribution is 2.20. The predicted molar refractivity (Wildman–Crippen MR) is 53.3 cm³/mol. The molecule has 0 amide bonds. The van der Waals surface area contributed by atoms with Crippen LogP contribution in [0.5, 0.6) is 0 Å². The van der Waals surface area contributed by atoms with Crippen molar-refractivity contribution in [1.29, 1.82) is 0 Å². The van der Waals surface area contributed by atoms with Crippen LogP contribution in [0.25, 0.3) is 0 Å². The minimum absolute atomic E-state index is 0.737. The van der Waals surface area contributed by atoms with E-state index in [1.807, 2.05) is 18.2 Å². The molecule has 0 saturated carbocycles. The molecule has 0 fully saturated rings. The van der Waals surface area contributed by atoms with Crippen LogP contribution in [-0.2, 0) is 0 Å². The van der Waals surface area contributed by atoms with Gasteiger partial charge in [0.05, 0.1) is 11.4 Å². The maximum Gasteiger partial charge on any atom is 0.0632 e. The van der Waals surface area contributed by atoms with Gasteiger partial charge in [0, 0.05) is 19.2 Å². The summed E-state index contributed by atoms with van der Waals surface area (Å²) in [7, 11) is 0. The third-order valence-corrected chi connectivity index (χ3v) is 1.97. The van der Waals surface area contributed by atoms with Crippen molar-refractivity contribution in [2.45, 2.75) is 13.8 Å². The SMILES string of the molecule is CCN(CC)c1ccc[c]c1N. The molecule has 0 aromatic heterocycles. The molecule has 1 rings (SSSR count). The minimum atomic E-state index is 0.737. The van der Waals surface area contributed by atoms with Gasteiger partial charge in [0.15, 0.2) is 0 Å². The third-order valence-electron chi connectivity index (χ3n) is 1.97. The molecule has 2 nitrogen and oxygen atoms in total. The van der Waals surface area contributed by atoms with Crippen molar-refractivity contribution in [1.82, 2.24) is 0 Å². The van der Waals surface area contributed by atoms with E-state index < -0.39 is 0 Å². The second-order valence-corrected chi connectivity index (χ2v) is 2.64. The average Bonchev–Trinajstić information content (AvgIpc) is 2.10. The fourth-order valence-corrected chi connectivity index (χ4v) is 1.28. The highest BCUT2D eigenvalue weighted by molar-refractivity contribution is 5.66. The van der Waals surface area contributed by atoms with Crippen LogP contribution in [0.2, 0.25) is 0 Å². The van der Waals surface area contributed by atoms with Crippen LogP contribution in [0.3, 0.4) is 0 Å². The first kappa shape index (κ1) is 8.91. The van der Waals surface area contributed by atoms with Crippen molar-refractivity contribution < 1.29 is 0 Å². The number of nitrogen functional groups attached to an aromatic ring is 1. The fraction of sp³-hybridized carbons (Fsp3) is 0.400. The van der Waals surface area contributed by atoms with Crippen LogP contribution < -0.4 is 10.6 Å². The molecule has 1 aromatic rings. The molecule has 0 heterocycles. The topological polar surface area (TPSA) is 29.3 Å². The van der Waals surface area contributed by atoms with Crippen LogP contribution >= 0.6 is 0 Å². The quantitative estimate of drug-likeness (QED) is 0.690. The Morgan fingerprint density at radius 2 is 2.08 bits per heavy atom. The van der Waals surface area contributed by atoms with E-state index in [-0.39, 0.29) is 0 Å². The molecule has 2 N–H and O–H groups in total. The summed E-state index contributed by atoms with van der Waals surface area (Å²) in [6, 6.07) is 8.81. The lowest BCUT2D eigenvalue weighted by Crippen LogP contribution is -2.22. The Bertz CT molecular complexity index is 241. The third kappa shape index (κ3) is 1.70. The van der Waals surface area contributed by atoms with Gasteiger partial charge in [-0.1, -0.05) is 12.1 Å². The molecule has 1 radical (unpaired) electrons. The van der Waals surface area contributed by atoms with Crippen LogP contribution in [0.4, 0.5) is 11.4 Å². The first-order chi connectivity index (χ1) is 5.79. The second kappa shape index (κ2) is 4.00. The second-order valence-electron chi connectivity index (χ2n) is 2.64. The van der Waals surface area contributed by atoms with E-state index in [9.17, 15) is 0 Å². The maximum atomic E-state index is 5.78. The Kier molecular flexibility index (Phi) is 2.97. The van der Waals surface area contributed by atoms with Crippen molar-refractivity contribution in [3.63, 3.8) is 0 Å². The summed E-state index contributed by atoms with van der Waals surface area (Å²) in [6.07, 6.45) is 0. The Labute approximate surface area is 74.0 Å². The van der Waals surface area contributed by atoms with Crippen molar-refractivity contribution in [3.05, 3.63) is 24.3 Å². The van der Waals surface area contributed by atoms with Gasteiger partial charge in [0.1, 0.15) is 0 Å². The normalized spacial score (nSPS) is 9.83. The van der Waals surface area contributed by atoms with Gasteiger partial charge in [-0.05, 0) is 19.9 Å². The van der Waals surface area contributed by atoms with Crippen LogP contribution in [-0.4, -0.2) is 13.1 Å². The Balaban J connectivity index is 2.92. The molecule has 0 aliphatic rings. The summed E-state index contributed by atoms with van der Waals surface area (Å²) in [5.41, 5.74) is 7.60. The van der Waals surface area contributed by atoms with Gasteiger partial charge in [-0.25, -0.2) is 0 Å². The lowest BCUT2D eigenvalue weighted by Gasteiger charge is -2.22. The van der Waals surface area contributed by atoms with Gasteiger partial charge in [0.25, 0.3) is 0 Å². The Morgan fingerprint density at radius 3 is 2.58 bits per heavy atom. The number of benzene rings is 1. The average molecular weight is 163 g/mol. The maximum absolute atomic E-state index is 5.78. The summed E-state index contributed by atoms with van der Waals surface area (Å²) in [4.78, 5) is 2.21. The van der Waals surface area contributed by atoms with Crippen molar-refractivity contribution in [2.24, 2.45) is 0 Å². The molecule has 1 aromatic carbocycles. The van der Waals surface area contributed by atoms with Gasteiger partial charge in [-0.3, -0.25) is 0 Å². The number of nitrogens with zero attached hydrogens (tertiary/aromatic N) is 1. The monoisotopic (exact) mass is 163 g/mol. The van der Waals surface area contributed by atoms with Crippen LogP contribution in [0, 0.1) is 6.07 Å². The number of hydrogen-bond donors (Lipinski definition) is 1. The van der Waals surface area contributed by atoms with E-state index in [1.54, 1.807) is 0 Å². The summed E-state index contributed by atoms with van der Waals surface area (Å²) in [6.45, 7) is 6.21. The first-order valence-corrected chi connectivity index (χ1v) is 4.30. The molecular weight excluding hydrogens is 148 g/mol. The molecule has 0 aliphatic heterocycles. The lowest BCUT2D eigenvalue weighted by atomic mass is 10.2. The fourth-order valence-electron chi connectivity index (χ4n) is 1.28. The molecule has 0 saturated heterocycles. The Hall–Kier alpha value is -1.18. The van der Waals surface area contributed by atoms with Gasteiger partial charge in [-0.15, -0.1) is 0 Å². The smallest absolute Gasteiger partial charge is 0.0632 e. The first-order valence-electron chi connectivity index (χ1n) is 4.30. The summed E-state index contributed by atoms with van der Waals surface area (Å²) < 4.78 is 0. The lowest BCUT2D eigenvalue weighted by molar-refractivity contribution is 0.868. The zero-order valence-electron chi connectivity index (χ0n) is 7.67. The predicted octanol–water partition coefficient (Wildman–Crippen LogP) is 1.92. The number of anilines is 2. The van der Waals surface area contributed by atoms with Gasteiger partial charge < -0.3 is 10.6 Å². The molecular formula is C10H15N2. The molecule has 2 heteroatoms. The van der Waals surface area contributed by atoms with Crippen molar-refractivity contribution in [2.75, 3.05) is 23.7 Å². The number of hydrogen-bond acceptors (Lipinski definition) is 2. The molecule has 0 aliphatic carbocycles. The van der Waals surface area contributed by atoms with Crippen LogP contribution in [0.15, 0.2) is 18.2 Å². The van der Waals surface area contributed by atoms with E-state index in [2.05, 4.69) is 24.8 Å². The zero-order chi connectivity index (χ0) is 8.97. The van der Waals surface area contributed by atoms with E-state index >= 15 is 0 Å². The highest BCUT2D eigenvalue weighted by Gasteiger charge is 2.03. The number of nitrogens with two attached hydrogens (primary N) is 1. The molecule has 65 valence electrons. The largest absolute Gasteiger partial charge is 0.397 e. The van der Waals surface area contributed by atoms with Gasteiger partial charge >= 0.3 is 0 Å². The summed E-state index contributed by atoms with van der Waals surface area (Å²) in [5.74, 6) is 0. The van der Waals surface area contributed by atoms with Gasteiger partial charge in [0.2, 0.25) is 0 Å². The van der Waals surface area contributed by atoms with Crippen LogP contribution in [0.1, 0.15) is 13.8 Å². The van der Waals surface area contributed by atoms with Gasteiger partial charge in [-0.2, -0.15) is 0 Å². The summed E-state index contributed by atoms with van der Waals surface area (Å²) in [5, 5.41) is 0. The standard InChI is InChI=1S/C10H15N2/c1-3-12(4-2)10-8-6-5-7-9(10)11/h5-6,8H,3-4,11H2,1-2H3. The molecule has 0 unspecified atom stereocenters.